The number of hydrogen-bond acceptors (Lipinski definition) is 2. The summed E-state index contributed by atoms with van der Waals surface area (Å²) in [5.74, 6) is 2.91. The van der Waals surface area contributed by atoms with Crippen LogP contribution in [0.1, 0.15) is 45.4 Å². The van der Waals surface area contributed by atoms with Crippen LogP contribution in [0.25, 0.3) is 0 Å². The van der Waals surface area contributed by atoms with Gasteiger partial charge in [0.05, 0.1) is 0 Å². The van der Waals surface area contributed by atoms with Crippen LogP contribution in [0.2, 0.25) is 0 Å². The summed E-state index contributed by atoms with van der Waals surface area (Å²) in [6.45, 7) is 7.67. The van der Waals surface area contributed by atoms with Gasteiger partial charge in [0.1, 0.15) is 0 Å². The number of hydrogen-bond donors (Lipinski definition) is 1. The second-order valence-electron chi connectivity index (χ2n) is 6.72. The molecule has 98 valence electrons. The Morgan fingerprint density at radius 2 is 1.65 bits per heavy atom. The van der Waals surface area contributed by atoms with Crippen LogP contribution in [-0.2, 0) is 0 Å². The molecule has 0 spiro atoms. The lowest BCUT2D eigenvalue weighted by atomic mass is 10.1. The lowest BCUT2D eigenvalue weighted by Crippen LogP contribution is -2.39. The molecule has 3 rings (SSSR count). The minimum atomic E-state index is 0.827. The van der Waals surface area contributed by atoms with Gasteiger partial charge in [-0.2, -0.15) is 0 Å². The quantitative estimate of drug-likeness (QED) is 0.730. The van der Waals surface area contributed by atoms with E-state index in [1.807, 2.05) is 0 Å². The highest BCUT2D eigenvalue weighted by Crippen LogP contribution is 2.44. The average molecular weight is 236 g/mol. The van der Waals surface area contributed by atoms with Crippen LogP contribution in [0.3, 0.4) is 0 Å². The maximum absolute atomic E-state index is 3.89. The van der Waals surface area contributed by atoms with Gasteiger partial charge in [-0.05, 0) is 75.9 Å². The van der Waals surface area contributed by atoms with E-state index in [4.69, 9.17) is 0 Å². The standard InChI is InChI=1S/C15H28N2/c1-12(11-17-8-2-3-9-17)10-16-15(13-4-5-13)14-6-7-14/h12-16H,2-11H2,1H3. The Morgan fingerprint density at radius 1 is 1.06 bits per heavy atom. The van der Waals surface area contributed by atoms with Crippen LogP contribution in [-0.4, -0.2) is 37.1 Å². The first-order valence-electron chi connectivity index (χ1n) is 7.78. The van der Waals surface area contributed by atoms with Gasteiger partial charge in [-0.1, -0.05) is 6.92 Å². The van der Waals surface area contributed by atoms with Crippen LogP contribution < -0.4 is 5.32 Å². The average Bonchev–Trinajstić information content (AvgIpc) is 3.22. The van der Waals surface area contributed by atoms with Crippen molar-refractivity contribution in [2.24, 2.45) is 17.8 Å². The number of rotatable bonds is 7. The van der Waals surface area contributed by atoms with E-state index in [0.717, 1.165) is 23.8 Å². The van der Waals surface area contributed by atoms with Gasteiger partial charge in [0.2, 0.25) is 0 Å². The summed E-state index contributed by atoms with van der Waals surface area (Å²) in [7, 11) is 0. The minimum Gasteiger partial charge on any atom is -0.313 e. The van der Waals surface area contributed by atoms with E-state index in [2.05, 4.69) is 17.1 Å². The van der Waals surface area contributed by atoms with E-state index in [-0.39, 0.29) is 0 Å². The molecule has 2 saturated carbocycles. The van der Waals surface area contributed by atoms with Crippen molar-refractivity contribution in [3.05, 3.63) is 0 Å². The normalized spacial score (nSPS) is 27.9. The van der Waals surface area contributed by atoms with Gasteiger partial charge in [0, 0.05) is 12.6 Å². The fraction of sp³-hybridized carbons (Fsp3) is 1.00. The zero-order valence-corrected chi connectivity index (χ0v) is 11.3. The summed E-state index contributed by atoms with van der Waals surface area (Å²) >= 11 is 0. The van der Waals surface area contributed by atoms with Gasteiger partial charge < -0.3 is 10.2 Å². The maximum Gasteiger partial charge on any atom is 0.0124 e. The van der Waals surface area contributed by atoms with E-state index in [0.29, 0.717) is 0 Å². The van der Waals surface area contributed by atoms with E-state index in [9.17, 15) is 0 Å². The largest absolute Gasteiger partial charge is 0.313 e. The highest BCUT2D eigenvalue weighted by Gasteiger charge is 2.41. The minimum absolute atomic E-state index is 0.827. The third-order valence-corrected chi connectivity index (χ3v) is 4.73. The van der Waals surface area contributed by atoms with Gasteiger partial charge in [0.15, 0.2) is 0 Å². The molecule has 0 aromatic carbocycles. The van der Waals surface area contributed by atoms with Crippen LogP contribution in [0.15, 0.2) is 0 Å². The lowest BCUT2D eigenvalue weighted by Gasteiger charge is -2.24. The number of nitrogens with one attached hydrogen (secondary N) is 1. The Balaban J connectivity index is 1.36. The molecule has 0 bridgehead atoms. The molecule has 1 N–H and O–H groups in total. The molecule has 17 heavy (non-hydrogen) atoms. The molecule has 2 heteroatoms. The predicted octanol–water partition coefficient (Wildman–Crippen LogP) is 2.50. The second kappa shape index (κ2) is 5.27. The van der Waals surface area contributed by atoms with Crippen LogP contribution >= 0.6 is 0 Å². The molecule has 0 radical (unpaired) electrons. The van der Waals surface area contributed by atoms with Gasteiger partial charge in [0.25, 0.3) is 0 Å². The molecule has 1 heterocycles. The third-order valence-electron chi connectivity index (χ3n) is 4.73. The SMILES string of the molecule is CC(CNC(C1CC1)C1CC1)CN1CCCC1. The first-order chi connectivity index (χ1) is 8.33. The second-order valence-corrected chi connectivity index (χ2v) is 6.72. The van der Waals surface area contributed by atoms with Crippen molar-refractivity contribution >= 4 is 0 Å². The van der Waals surface area contributed by atoms with Gasteiger partial charge >= 0.3 is 0 Å². The Morgan fingerprint density at radius 3 is 2.18 bits per heavy atom. The number of nitrogens with zero attached hydrogens (tertiary/aromatic N) is 1. The summed E-state index contributed by atoms with van der Waals surface area (Å²) in [6.07, 6.45) is 8.83. The molecule has 2 nitrogen and oxygen atoms in total. The molecular weight excluding hydrogens is 208 g/mol. The Hall–Kier alpha value is -0.0800. The van der Waals surface area contributed by atoms with Crippen molar-refractivity contribution < 1.29 is 0 Å². The zero-order chi connectivity index (χ0) is 11.7. The Labute approximate surface area is 106 Å². The first kappa shape index (κ1) is 12.0. The molecule has 0 aromatic heterocycles. The van der Waals surface area contributed by atoms with Crippen LogP contribution in [0, 0.1) is 17.8 Å². The molecule has 3 aliphatic rings. The van der Waals surface area contributed by atoms with Crippen LogP contribution in [0.5, 0.6) is 0 Å². The summed E-state index contributed by atoms with van der Waals surface area (Å²) in [6, 6.07) is 0.885. The van der Waals surface area contributed by atoms with Gasteiger partial charge in [-0.25, -0.2) is 0 Å². The Bertz CT molecular complexity index is 227. The molecular formula is C15H28N2. The molecule has 3 fully saturated rings. The monoisotopic (exact) mass is 236 g/mol. The van der Waals surface area contributed by atoms with E-state index in [1.165, 1.54) is 64.7 Å². The fourth-order valence-corrected chi connectivity index (χ4v) is 3.44. The third kappa shape index (κ3) is 3.45. The lowest BCUT2D eigenvalue weighted by molar-refractivity contribution is 0.271. The highest BCUT2D eigenvalue weighted by atomic mass is 15.1. The molecule has 2 aliphatic carbocycles. The predicted molar refractivity (Wildman–Crippen MR) is 72.1 cm³/mol. The number of likely N-dealkylation sites (tertiary alicyclic amines) is 1. The zero-order valence-electron chi connectivity index (χ0n) is 11.3. The maximum atomic E-state index is 3.89. The molecule has 0 aromatic rings. The highest BCUT2D eigenvalue weighted by molar-refractivity contribution is 4.96. The summed E-state index contributed by atoms with van der Waals surface area (Å²) in [4.78, 5) is 2.65. The van der Waals surface area contributed by atoms with E-state index >= 15 is 0 Å². The molecule has 1 aliphatic heterocycles. The summed E-state index contributed by atoms with van der Waals surface area (Å²) in [5.41, 5.74) is 0. The summed E-state index contributed by atoms with van der Waals surface area (Å²) in [5, 5.41) is 3.89. The van der Waals surface area contributed by atoms with Crippen molar-refractivity contribution in [1.29, 1.82) is 0 Å². The Kier molecular flexibility index (Phi) is 3.72. The van der Waals surface area contributed by atoms with E-state index < -0.39 is 0 Å². The van der Waals surface area contributed by atoms with Crippen LogP contribution in [0.4, 0.5) is 0 Å². The summed E-state index contributed by atoms with van der Waals surface area (Å²) < 4.78 is 0. The molecule has 1 atom stereocenters. The molecule has 1 unspecified atom stereocenters. The molecule has 1 saturated heterocycles. The van der Waals surface area contributed by atoms with Gasteiger partial charge in [-0.15, -0.1) is 0 Å². The van der Waals surface area contributed by atoms with Gasteiger partial charge in [-0.3, -0.25) is 0 Å². The van der Waals surface area contributed by atoms with Crippen molar-refractivity contribution in [1.82, 2.24) is 10.2 Å². The van der Waals surface area contributed by atoms with Crippen molar-refractivity contribution in [3.63, 3.8) is 0 Å². The van der Waals surface area contributed by atoms with E-state index in [1.54, 1.807) is 0 Å². The molecule has 0 amide bonds. The van der Waals surface area contributed by atoms with Crippen molar-refractivity contribution in [2.45, 2.75) is 51.5 Å². The smallest absolute Gasteiger partial charge is 0.0124 e. The van der Waals surface area contributed by atoms with Crippen molar-refractivity contribution in [3.8, 4) is 0 Å². The first-order valence-corrected chi connectivity index (χ1v) is 7.78. The van der Waals surface area contributed by atoms with Crippen molar-refractivity contribution in [2.75, 3.05) is 26.2 Å². The fourth-order valence-electron chi connectivity index (χ4n) is 3.44. The topological polar surface area (TPSA) is 15.3 Å².